The van der Waals surface area contributed by atoms with Gasteiger partial charge in [-0.1, -0.05) is 58.9 Å². The lowest BCUT2D eigenvalue weighted by molar-refractivity contribution is -0.302. The first-order chi connectivity index (χ1) is 18.2. The van der Waals surface area contributed by atoms with E-state index in [1.165, 1.54) is 0 Å². The van der Waals surface area contributed by atoms with Crippen molar-refractivity contribution in [1.82, 2.24) is 5.16 Å². The fraction of sp³-hybridized carbons (Fsp3) is 0.710. The molecule has 1 N–H and O–H groups in total. The van der Waals surface area contributed by atoms with Crippen LogP contribution in [-0.4, -0.2) is 52.2 Å². The third-order valence-electron chi connectivity index (χ3n) is 10.2. The van der Waals surface area contributed by atoms with Crippen molar-refractivity contribution in [3.05, 3.63) is 40.3 Å². The molecular formula is C31H43NO7. The quantitative estimate of drug-likeness (QED) is 0.420. The molecule has 8 nitrogen and oxygen atoms in total. The maximum absolute atomic E-state index is 14.8. The molecule has 1 aromatic rings. The number of allylic oxidation sites excluding steroid dienone is 1. The van der Waals surface area contributed by atoms with Crippen LogP contribution in [0.3, 0.4) is 0 Å². The molecule has 1 spiro atoms. The molecule has 2 bridgehead atoms. The van der Waals surface area contributed by atoms with Gasteiger partial charge in [-0.2, -0.15) is 0 Å². The lowest BCUT2D eigenvalue weighted by atomic mass is 9.59. The van der Waals surface area contributed by atoms with Gasteiger partial charge in [-0.05, 0) is 62.0 Å². The monoisotopic (exact) mass is 541 g/mol. The SMILES string of the molecule is CCc1noc(CC)c1C(=O)O[C@H]1C(C)=CC23C(=O)[C@@H](C=C4COC(C)(C)O[C@H]4[C@]12O)C(C)(C)[C@@H](C)CC3C. The Morgan fingerprint density at radius 2 is 1.85 bits per heavy atom. The Balaban J connectivity index is 1.71. The van der Waals surface area contributed by atoms with Crippen molar-refractivity contribution in [3.8, 4) is 0 Å². The minimum atomic E-state index is -1.87. The van der Waals surface area contributed by atoms with Crippen LogP contribution in [0, 0.1) is 28.6 Å². The van der Waals surface area contributed by atoms with Gasteiger partial charge in [0.25, 0.3) is 0 Å². The first-order valence-corrected chi connectivity index (χ1v) is 14.3. The molecule has 5 rings (SSSR count). The minimum absolute atomic E-state index is 0.0541. The average Bonchev–Trinajstić information content (AvgIpc) is 3.36. The van der Waals surface area contributed by atoms with Gasteiger partial charge in [0.15, 0.2) is 29.0 Å². The molecule has 8 heteroatoms. The van der Waals surface area contributed by atoms with Gasteiger partial charge >= 0.3 is 5.97 Å². The van der Waals surface area contributed by atoms with E-state index in [0.29, 0.717) is 41.0 Å². The number of carbonyl (C=O) groups is 2. The van der Waals surface area contributed by atoms with Gasteiger partial charge in [0.05, 0.1) is 17.7 Å². The molecule has 1 saturated heterocycles. The van der Waals surface area contributed by atoms with E-state index in [1.807, 2.05) is 39.8 Å². The van der Waals surface area contributed by atoms with Gasteiger partial charge in [-0.25, -0.2) is 4.79 Å². The maximum Gasteiger partial charge on any atom is 0.344 e. The number of nitrogens with zero attached hydrogens (tertiary/aromatic N) is 1. The van der Waals surface area contributed by atoms with E-state index in [0.717, 1.165) is 6.42 Å². The Hall–Kier alpha value is -2.29. The van der Waals surface area contributed by atoms with Crippen molar-refractivity contribution in [2.45, 2.75) is 105 Å². The van der Waals surface area contributed by atoms with Crippen LogP contribution in [0.15, 0.2) is 27.8 Å². The van der Waals surface area contributed by atoms with Crippen LogP contribution >= 0.6 is 0 Å². The Bertz CT molecular complexity index is 1230. The lowest BCUT2D eigenvalue weighted by Crippen LogP contribution is -2.68. The van der Waals surface area contributed by atoms with Gasteiger partial charge in [0, 0.05) is 12.3 Å². The average molecular weight is 542 g/mol. The number of carbonyl (C=O) groups excluding carboxylic acids is 2. The number of fused-ring (bicyclic) bond motifs is 3. The minimum Gasteiger partial charge on any atom is -0.451 e. The summed E-state index contributed by atoms with van der Waals surface area (Å²) in [5.41, 5.74) is -1.40. The fourth-order valence-corrected chi connectivity index (χ4v) is 7.60. The number of aliphatic hydroxyl groups is 1. The normalized spacial score (nSPS) is 38.6. The van der Waals surface area contributed by atoms with E-state index in [4.69, 9.17) is 18.7 Å². The second kappa shape index (κ2) is 9.11. The highest BCUT2D eigenvalue weighted by Gasteiger charge is 2.74. The molecule has 1 saturated carbocycles. The highest BCUT2D eigenvalue weighted by molar-refractivity contribution is 5.96. The number of hydrogen-bond donors (Lipinski definition) is 1. The Morgan fingerprint density at radius 3 is 2.49 bits per heavy atom. The highest BCUT2D eigenvalue weighted by Crippen LogP contribution is 2.64. The van der Waals surface area contributed by atoms with Crippen LogP contribution in [0.1, 0.15) is 90.5 Å². The number of ether oxygens (including phenoxy) is 3. The largest absolute Gasteiger partial charge is 0.451 e. The van der Waals surface area contributed by atoms with Crippen molar-refractivity contribution in [3.63, 3.8) is 0 Å². The zero-order valence-corrected chi connectivity index (χ0v) is 24.7. The van der Waals surface area contributed by atoms with Crippen LogP contribution in [0.4, 0.5) is 0 Å². The summed E-state index contributed by atoms with van der Waals surface area (Å²) in [6.07, 6.45) is 3.53. The molecule has 0 amide bonds. The standard InChI is InChI=1S/C31H43NO7/c1-10-21-23(22(11-2)39-32-21)27(34)37-25-16(3)14-30-18(5)12-17(4)28(6,7)20(24(30)33)13-19-15-36-29(8,9)38-26(19)31(25,30)35/h13-14,17-18,20,25-26,35H,10-12,15H2,1-9H3/t17-,18?,20+,25-,26+,30?,31+/m0/s1. The van der Waals surface area contributed by atoms with Gasteiger partial charge in [-0.15, -0.1) is 0 Å². The zero-order chi connectivity index (χ0) is 28.7. The van der Waals surface area contributed by atoms with Crippen molar-refractivity contribution >= 4 is 11.8 Å². The Labute approximate surface area is 231 Å². The second-order valence-electron chi connectivity index (χ2n) is 13.1. The summed E-state index contributed by atoms with van der Waals surface area (Å²) in [6.45, 7) is 17.9. The molecule has 1 aromatic heterocycles. The van der Waals surface area contributed by atoms with E-state index in [1.54, 1.807) is 13.8 Å². The van der Waals surface area contributed by atoms with Crippen molar-refractivity contribution in [2.75, 3.05) is 6.61 Å². The van der Waals surface area contributed by atoms with Crippen LogP contribution < -0.4 is 0 Å². The second-order valence-corrected chi connectivity index (χ2v) is 13.1. The molecule has 7 atom stereocenters. The third kappa shape index (κ3) is 3.77. The Kier molecular flexibility index (Phi) is 6.60. The molecule has 2 heterocycles. The molecule has 2 unspecified atom stereocenters. The van der Waals surface area contributed by atoms with Crippen LogP contribution in [0.5, 0.6) is 0 Å². The molecule has 214 valence electrons. The fourth-order valence-electron chi connectivity index (χ4n) is 7.60. The molecule has 4 aliphatic rings. The van der Waals surface area contributed by atoms with E-state index in [-0.39, 0.29) is 29.6 Å². The van der Waals surface area contributed by atoms with Gasteiger partial charge < -0.3 is 23.8 Å². The highest BCUT2D eigenvalue weighted by atomic mass is 16.7. The number of ketones is 1. The van der Waals surface area contributed by atoms with Gasteiger partial charge in [0.2, 0.25) is 0 Å². The smallest absolute Gasteiger partial charge is 0.344 e. The lowest BCUT2D eigenvalue weighted by Gasteiger charge is -2.52. The summed E-state index contributed by atoms with van der Waals surface area (Å²) >= 11 is 0. The Morgan fingerprint density at radius 1 is 1.15 bits per heavy atom. The summed E-state index contributed by atoms with van der Waals surface area (Å²) in [4.78, 5) is 28.6. The van der Waals surface area contributed by atoms with Crippen molar-refractivity contribution in [2.24, 2.45) is 28.6 Å². The number of esters is 1. The molecule has 1 aliphatic heterocycles. The number of aryl methyl sites for hydroxylation is 2. The van der Waals surface area contributed by atoms with Crippen LogP contribution in [0.25, 0.3) is 0 Å². The first kappa shape index (κ1) is 28.2. The summed E-state index contributed by atoms with van der Waals surface area (Å²) in [5, 5.41) is 17.2. The summed E-state index contributed by atoms with van der Waals surface area (Å²) < 4.78 is 24.2. The number of hydrogen-bond acceptors (Lipinski definition) is 8. The van der Waals surface area contributed by atoms with E-state index in [2.05, 4.69) is 25.9 Å². The third-order valence-corrected chi connectivity index (χ3v) is 10.2. The van der Waals surface area contributed by atoms with Crippen LogP contribution in [-0.2, 0) is 31.8 Å². The van der Waals surface area contributed by atoms with Crippen molar-refractivity contribution < 1.29 is 33.4 Å². The van der Waals surface area contributed by atoms with E-state index >= 15 is 0 Å². The molecule has 39 heavy (non-hydrogen) atoms. The predicted molar refractivity (Wildman–Crippen MR) is 144 cm³/mol. The van der Waals surface area contributed by atoms with Crippen molar-refractivity contribution in [1.29, 1.82) is 0 Å². The molecule has 3 aliphatic carbocycles. The topological polar surface area (TPSA) is 108 Å². The van der Waals surface area contributed by atoms with E-state index in [9.17, 15) is 14.7 Å². The molecular weight excluding hydrogens is 498 g/mol. The number of rotatable bonds is 4. The molecule has 0 aromatic carbocycles. The predicted octanol–water partition coefficient (Wildman–Crippen LogP) is 4.98. The van der Waals surface area contributed by atoms with E-state index < -0.39 is 40.9 Å². The zero-order valence-electron chi connectivity index (χ0n) is 24.7. The van der Waals surface area contributed by atoms with Gasteiger partial charge in [-0.3, -0.25) is 4.79 Å². The first-order valence-electron chi connectivity index (χ1n) is 14.3. The van der Waals surface area contributed by atoms with Gasteiger partial charge in [0.1, 0.15) is 11.7 Å². The number of aromatic nitrogens is 1. The molecule has 0 radical (unpaired) electrons. The molecule has 2 fully saturated rings. The van der Waals surface area contributed by atoms with Crippen LogP contribution in [0.2, 0.25) is 0 Å². The maximum atomic E-state index is 14.8. The summed E-state index contributed by atoms with van der Waals surface area (Å²) in [6, 6.07) is 0. The summed E-state index contributed by atoms with van der Waals surface area (Å²) in [7, 11) is 0. The summed E-state index contributed by atoms with van der Waals surface area (Å²) in [5.74, 6) is -1.73. The number of Topliss-reactive ketones (excluding diaryl/α,β-unsaturated/α-hetero) is 1.